The van der Waals surface area contributed by atoms with E-state index >= 15 is 0 Å². The first kappa shape index (κ1) is 15.9. The van der Waals surface area contributed by atoms with Crippen LogP contribution in [0.2, 0.25) is 15.1 Å². The van der Waals surface area contributed by atoms with Gasteiger partial charge in [0.2, 0.25) is 5.78 Å². The first-order valence-electron chi connectivity index (χ1n) is 6.22. The standard InChI is InChI=1S/C15H7Cl3O5/c1-3-2-4-5(13(21)8(3)16)12(20)7-6(11(4)19)9(17)15(23)10(18)14(7)22/h2,21-23H,1H3. The summed E-state index contributed by atoms with van der Waals surface area (Å²) in [6, 6.07) is 1.33. The molecule has 0 radical (unpaired) electrons. The largest absolute Gasteiger partial charge is 0.506 e. The van der Waals surface area contributed by atoms with Gasteiger partial charge in [0.05, 0.1) is 26.7 Å². The third-order valence-electron chi connectivity index (χ3n) is 3.68. The van der Waals surface area contributed by atoms with Crippen molar-refractivity contribution in [1.29, 1.82) is 0 Å². The molecule has 0 heterocycles. The number of halogens is 3. The van der Waals surface area contributed by atoms with E-state index in [1.165, 1.54) is 6.07 Å². The topological polar surface area (TPSA) is 94.8 Å². The third-order valence-corrected chi connectivity index (χ3v) is 4.88. The van der Waals surface area contributed by atoms with Crippen molar-refractivity contribution in [3.05, 3.63) is 49.0 Å². The highest BCUT2D eigenvalue weighted by Gasteiger charge is 2.39. The molecule has 0 atom stereocenters. The fraction of sp³-hybridized carbons (Fsp3) is 0.0667. The summed E-state index contributed by atoms with van der Waals surface area (Å²) < 4.78 is 0. The maximum Gasteiger partial charge on any atom is 0.202 e. The van der Waals surface area contributed by atoms with Crippen LogP contribution in [0.4, 0.5) is 0 Å². The van der Waals surface area contributed by atoms with Crippen molar-refractivity contribution in [3.63, 3.8) is 0 Å². The maximum atomic E-state index is 12.6. The van der Waals surface area contributed by atoms with E-state index in [2.05, 4.69) is 0 Å². The Hall–Kier alpha value is -1.95. The Morgan fingerprint density at radius 3 is 1.91 bits per heavy atom. The van der Waals surface area contributed by atoms with Gasteiger partial charge in [-0.2, -0.15) is 0 Å². The lowest BCUT2D eigenvalue weighted by molar-refractivity contribution is 0.0974. The molecule has 2 aromatic rings. The highest BCUT2D eigenvalue weighted by molar-refractivity contribution is 6.45. The van der Waals surface area contributed by atoms with E-state index in [1.54, 1.807) is 6.92 Å². The average molecular weight is 374 g/mol. The number of rotatable bonds is 0. The Bertz CT molecular complexity index is 934. The second kappa shape index (κ2) is 5.03. The lowest BCUT2D eigenvalue weighted by atomic mass is 9.82. The van der Waals surface area contributed by atoms with Crippen molar-refractivity contribution in [3.8, 4) is 17.2 Å². The number of carbonyl (C=O) groups is 2. The van der Waals surface area contributed by atoms with Crippen LogP contribution < -0.4 is 0 Å². The Morgan fingerprint density at radius 1 is 0.739 bits per heavy atom. The number of carbonyl (C=O) groups excluding carboxylic acids is 2. The van der Waals surface area contributed by atoms with Crippen LogP contribution in [0.25, 0.3) is 0 Å². The molecule has 23 heavy (non-hydrogen) atoms. The minimum absolute atomic E-state index is 0.0798. The number of aryl methyl sites for hydroxylation is 1. The molecule has 0 aromatic heterocycles. The summed E-state index contributed by atoms with van der Waals surface area (Å²) in [5, 5.41) is 28.9. The average Bonchev–Trinajstić information content (AvgIpc) is 2.51. The van der Waals surface area contributed by atoms with Gasteiger partial charge in [-0.05, 0) is 18.6 Å². The number of hydrogen-bond acceptors (Lipinski definition) is 5. The molecule has 0 fully saturated rings. The molecule has 0 bridgehead atoms. The molecule has 0 saturated carbocycles. The molecule has 5 nitrogen and oxygen atoms in total. The van der Waals surface area contributed by atoms with Crippen LogP contribution in [-0.2, 0) is 0 Å². The number of ketones is 2. The fourth-order valence-electron chi connectivity index (χ4n) is 2.54. The van der Waals surface area contributed by atoms with Gasteiger partial charge in [-0.1, -0.05) is 34.8 Å². The SMILES string of the molecule is Cc1cc2c(c(O)c1Cl)C(=O)c1c(O)c(Cl)c(O)c(Cl)c1C2=O. The predicted octanol–water partition coefficient (Wildman–Crippen LogP) is 3.85. The minimum Gasteiger partial charge on any atom is -0.506 e. The predicted molar refractivity (Wildman–Crippen MR) is 84.5 cm³/mol. The van der Waals surface area contributed by atoms with Gasteiger partial charge < -0.3 is 15.3 Å². The molecule has 1 aliphatic rings. The summed E-state index contributed by atoms with van der Waals surface area (Å²) >= 11 is 17.6. The monoisotopic (exact) mass is 372 g/mol. The summed E-state index contributed by atoms with van der Waals surface area (Å²) in [5.41, 5.74) is -0.933. The number of phenolic OH excluding ortho intramolecular Hbond substituents is 3. The van der Waals surface area contributed by atoms with E-state index < -0.39 is 44.4 Å². The third kappa shape index (κ3) is 1.94. The van der Waals surface area contributed by atoms with E-state index in [0.717, 1.165) is 0 Å². The second-order valence-corrected chi connectivity index (χ2v) is 6.15. The van der Waals surface area contributed by atoms with Crippen LogP contribution in [0.15, 0.2) is 6.07 Å². The van der Waals surface area contributed by atoms with Crippen molar-refractivity contribution in [2.45, 2.75) is 6.92 Å². The number of aromatic hydroxyl groups is 3. The Balaban J connectivity index is 2.48. The van der Waals surface area contributed by atoms with Crippen LogP contribution in [0.3, 0.4) is 0 Å². The van der Waals surface area contributed by atoms with Crippen LogP contribution in [-0.4, -0.2) is 26.9 Å². The lowest BCUT2D eigenvalue weighted by Gasteiger charge is -2.22. The van der Waals surface area contributed by atoms with Crippen LogP contribution in [0, 0.1) is 6.92 Å². The van der Waals surface area contributed by atoms with Crippen molar-refractivity contribution in [2.75, 3.05) is 0 Å². The second-order valence-electron chi connectivity index (χ2n) is 5.01. The van der Waals surface area contributed by atoms with Crippen LogP contribution in [0.5, 0.6) is 17.2 Å². The minimum atomic E-state index is -0.865. The smallest absolute Gasteiger partial charge is 0.202 e. The first-order chi connectivity index (χ1) is 10.7. The van der Waals surface area contributed by atoms with Gasteiger partial charge in [-0.3, -0.25) is 9.59 Å². The molecule has 0 amide bonds. The van der Waals surface area contributed by atoms with Crippen LogP contribution in [0.1, 0.15) is 37.4 Å². The molecule has 0 spiro atoms. The molecule has 3 N–H and O–H groups in total. The van der Waals surface area contributed by atoms with Gasteiger partial charge >= 0.3 is 0 Å². The van der Waals surface area contributed by atoms with E-state index in [9.17, 15) is 24.9 Å². The van der Waals surface area contributed by atoms with E-state index in [-0.39, 0.29) is 21.7 Å². The summed E-state index contributed by atoms with van der Waals surface area (Å²) in [4.78, 5) is 25.3. The molecular weight excluding hydrogens is 367 g/mol. The summed E-state index contributed by atoms with van der Waals surface area (Å²) in [5.74, 6) is -3.66. The summed E-state index contributed by atoms with van der Waals surface area (Å²) in [7, 11) is 0. The molecule has 118 valence electrons. The highest BCUT2D eigenvalue weighted by atomic mass is 35.5. The maximum absolute atomic E-state index is 12.6. The molecule has 0 saturated heterocycles. The fourth-order valence-corrected chi connectivity index (χ4v) is 3.20. The molecule has 2 aromatic carbocycles. The zero-order valence-electron chi connectivity index (χ0n) is 11.4. The van der Waals surface area contributed by atoms with Crippen molar-refractivity contribution in [2.24, 2.45) is 0 Å². The van der Waals surface area contributed by atoms with Gasteiger partial charge in [-0.15, -0.1) is 0 Å². The number of benzene rings is 2. The van der Waals surface area contributed by atoms with E-state index in [1.807, 2.05) is 0 Å². The molecule has 0 unspecified atom stereocenters. The van der Waals surface area contributed by atoms with Gasteiger partial charge in [0.15, 0.2) is 11.5 Å². The Morgan fingerprint density at radius 2 is 1.30 bits per heavy atom. The van der Waals surface area contributed by atoms with Gasteiger partial charge in [0.1, 0.15) is 16.5 Å². The molecule has 3 rings (SSSR count). The summed E-state index contributed by atoms with van der Waals surface area (Å²) in [6.45, 7) is 1.55. The zero-order valence-corrected chi connectivity index (χ0v) is 13.6. The van der Waals surface area contributed by atoms with Gasteiger partial charge in [-0.25, -0.2) is 0 Å². The van der Waals surface area contributed by atoms with Crippen molar-refractivity contribution < 1.29 is 24.9 Å². The van der Waals surface area contributed by atoms with Gasteiger partial charge in [0.25, 0.3) is 0 Å². The van der Waals surface area contributed by atoms with E-state index in [4.69, 9.17) is 34.8 Å². The van der Waals surface area contributed by atoms with E-state index in [0.29, 0.717) is 5.56 Å². The molecule has 8 heteroatoms. The molecule has 1 aliphatic carbocycles. The Labute approximate surface area is 144 Å². The normalized spacial score (nSPS) is 13.0. The Kier molecular flexibility index (Phi) is 3.48. The molecule has 0 aliphatic heterocycles. The summed E-state index contributed by atoms with van der Waals surface area (Å²) in [6.07, 6.45) is 0. The first-order valence-corrected chi connectivity index (χ1v) is 7.36. The van der Waals surface area contributed by atoms with Crippen LogP contribution >= 0.6 is 34.8 Å². The zero-order chi connectivity index (χ0) is 17.2. The lowest BCUT2D eigenvalue weighted by Crippen LogP contribution is -2.22. The highest BCUT2D eigenvalue weighted by Crippen LogP contribution is 2.49. The van der Waals surface area contributed by atoms with Crippen molar-refractivity contribution in [1.82, 2.24) is 0 Å². The molecular formula is C15H7Cl3O5. The van der Waals surface area contributed by atoms with Gasteiger partial charge in [0, 0.05) is 5.56 Å². The number of hydrogen-bond donors (Lipinski definition) is 3. The van der Waals surface area contributed by atoms with Crippen molar-refractivity contribution >= 4 is 46.4 Å². The number of phenols is 3. The quantitative estimate of drug-likeness (QED) is 0.556. The number of fused-ring (bicyclic) bond motifs is 2.